The summed E-state index contributed by atoms with van der Waals surface area (Å²) in [5.41, 5.74) is 4.17. The van der Waals surface area contributed by atoms with Gasteiger partial charge in [-0.2, -0.15) is 0 Å². The van der Waals surface area contributed by atoms with Crippen LogP contribution in [-0.2, 0) is 11.3 Å². The molecule has 1 fully saturated rings. The number of pyridine rings is 2. The molecule has 0 bridgehead atoms. The van der Waals surface area contributed by atoms with E-state index < -0.39 is 0 Å². The summed E-state index contributed by atoms with van der Waals surface area (Å²) in [6, 6.07) is 6.12. The lowest BCUT2D eigenvalue weighted by molar-refractivity contribution is 0.0473. The summed E-state index contributed by atoms with van der Waals surface area (Å²) in [6.07, 6.45) is 10.2. The predicted octanol–water partition coefficient (Wildman–Crippen LogP) is 3.47. The molecule has 2 N–H and O–H groups in total. The molecule has 28 heavy (non-hydrogen) atoms. The fourth-order valence-corrected chi connectivity index (χ4v) is 4.35. The first kappa shape index (κ1) is 17.2. The van der Waals surface area contributed by atoms with Gasteiger partial charge in [-0.05, 0) is 43.4 Å². The lowest BCUT2D eigenvalue weighted by Gasteiger charge is -2.28. The number of rotatable bonds is 4. The number of methoxy groups -OCH3 is 1. The Morgan fingerprint density at radius 3 is 2.86 bits per heavy atom. The van der Waals surface area contributed by atoms with Gasteiger partial charge in [-0.3, -0.25) is 9.55 Å². The maximum absolute atomic E-state index is 12.6. The molecule has 7 nitrogen and oxygen atoms in total. The zero-order chi connectivity index (χ0) is 19.1. The Labute approximate surface area is 161 Å². The number of nitrogens with one attached hydrogen (secondary N) is 2. The number of H-pyrrole nitrogens is 2. The van der Waals surface area contributed by atoms with E-state index in [9.17, 15) is 4.79 Å². The zero-order valence-electron chi connectivity index (χ0n) is 15.8. The van der Waals surface area contributed by atoms with Gasteiger partial charge in [0.2, 0.25) is 0 Å². The minimum Gasteiger partial charge on any atom is -0.381 e. The van der Waals surface area contributed by atoms with E-state index in [0.29, 0.717) is 24.2 Å². The molecule has 1 aliphatic carbocycles. The predicted molar refractivity (Wildman–Crippen MR) is 108 cm³/mol. The van der Waals surface area contributed by atoms with Gasteiger partial charge in [0, 0.05) is 48.8 Å². The molecule has 4 heterocycles. The number of aromatic nitrogens is 5. The first-order chi connectivity index (χ1) is 13.7. The van der Waals surface area contributed by atoms with Crippen molar-refractivity contribution in [2.75, 3.05) is 7.11 Å². The highest BCUT2D eigenvalue weighted by Gasteiger charge is 2.23. The summed E-state index contributed by atoms with van der Waals surface area (Å²) < 4.78 is 7.38. The van der Waals surface area contributed by atoms with Crippen molar-refractivity contribution in [2.45, 2.75) is 38.3 Å². The third-order valence-electron chi connectivity index (χ3n) is 5.87. The van der Waals surface area contributed by atoms with E-state index in [1.54, 1.807) is 13.3 Å². The smallest absolute Gasteiger partial charge is 0.327 e. The van der Waals surface area contributed by atoms with E-state index in [-0.39, 0.29) is 5.69 Å². The molecular formula is C21H23N5O2. The normalized spacial score (nSPS) is 20.2. The fraction of sp³-hybridized carbons (Fsp3) is 0.381. The van der Waals surface area contributed by atoms with Crippen LogP contribution in [-0.4, -0.2) is 37.7 Å². The second-order valence-corrected chi connectivity index (χ2v) is 7.66. The van der Waals surface area contributed by atoms with Gasteiger partial charge < -0.3 is 9.72 Å². The number of imidazole rings is 1. The summed E-state index contributed by atoms with van der Waals surface area (Å²) >= 11 is 0. The van der Waals surface area contributed by atoms with E-state index in [2.05, 4.69) is 26.0 Å². The third kappa shape index (κ3) is 3.01. The Balaban J connectivity index is 1.52. The molecule has 5 rings (SSSR count). The molecule has 0 saturated heterocycles. The summed E-state index contributed by atoms with van der Waals surface area (Å²) in [7, 11) is 1.77. The van der Waals surface area contributed by atoms with Gasteiger partial charge in [0.25, 0.3) is 0 Å². The largest absolute Gasteiger partial charge is 0.381 e. The van der Waals surface area contributed by atoms with Crippen molar-refractivity contribution in [2.24, 2.45) is 5.92 Å². The number of hydrogen-bond donors (Lipinski definition) is 2. The van der Waals surface area contributed by atoms with Crippen LogP contribution in [0.3, 0.4) is 0 Å². The topological polar surface area (TPSA) is 88.6 Å². The minimum absolute atomic E-state index is 0.0987. The molecule has 7 heteroatoms. The minimum atomic E-state index is -0.0987. The average molecular weight is 377 g/mol. The molecule has 0 unspecified atom stereocenters. The standard InChI is InChI=1S/C21H23N5O2/c1-28-17-4-2-3-13(7-17)12-26-18-9-16(11-24-20(18)25-21(26)27)15-8-14-5-6-22-19(14)23-10-15/h5-6,8-11,13,17H,2-4,7,12H2,1H3,(H,22,23)(H,24,25,27)/t13-,17+/m1/s1. The van der Waals surface area contributed by atoms with Gasteiger partial charge in [0.15, 0.2) is 5.65 Å². The van der Waals surface area contributed by atoms with E-state index in [4.69, 9.17) is 4.74 Å². The quantitative estimate of drug-likeness (QED) is 0.570. The lowest BCUT2D eigenvalue weighted by Crippen LogP contribution is -2.28. The van der Waals surface area contributed by atoms with Crippen LogP contribution in [0.1, 0.15) is 25.7 Å². The van der Waals surface area contributed by atoms with Crippen molar-refractivity contribution in [1.82, 2.24) is 24.5 Å². The van der Waals surface area contributed by atoms with Gasteiger partial charge in [-0.25, -0.2) is 14.8 Å². The molecule has 0 spiro atoms. The molecule has 1 saturated carbocycles. The number of nitrogens with zero attached hydrogens (tertiary/aromatic N) is 3. The van der Waals surface area contributed by atoms with Crippen LogP contribution >= 0.6 is 0 Å². The van der Waals surface area contributed by atoms with Crippen molar-refractivity contribution in [1.29, 1.82) is 0 Å². The number of fused-ring (bicyclic) bond motifs is 2. The molecule has 0 aromatic carbocycles. The Morgan fingerprint density at radius 2 is 2.00 bits per heavy atom. The second-order valence-electron chi connectivity index (χ2n) is 7.66. The zero-order valence-corrected chi connectivity index (χ0v) is 15.8. The van der Waals surface area contributed by atoms with Crippen molar-refractivity contribution in [3.8, 4) is 11.1 Å². The van der Waals surface area contributed by atoms with Crippen molar-refractivity contribution in [3.63, 3.8) is 0 Å². The SMILES string of the molecule is CO[C@H]1CCC[C@@H](Cn2c(=O)[nH]c3ncc(-c4cnc5[nH]ccc5c4)cc32)C1. The molecule has 2 atom stereocenters. The highest BCUT2D eigenvalue weighted by molar-refractivity contribution is 5.84. The maximum atomic E-state index is 12.6. The monoisotopic (exact) mass is 377 g/mol. The summed E-state index contributed by atoms with van der Waals surface area (Å²) in [5, 5.41) is 1.05. The van der Waals surface area contributed by atoms with Crippen LogP contribution in [0.5, 0.6) is 0 Å². The molecule has 0 aliphatic heterocycles. The van der Waals surface area contributed by atoms with E-state index in [1.807, 2.05) is 29.1 Å². The summed E-state index contributed by atoms with van der Waals surface area (Å²) in [5.74, 6) is 0.442. The van der Waals surface area contributed by atoms with Gasteiger partial charge in [-0.15, -0.1) is 0 Å². The Bertz CT molecular complexity index is 1190. The molecule has 1 aliphatic rings. The van der Waals surface area contributed by atoms with E-state index in [1.165, 1.54) is 0 Å². The van der Waals surface area contributed by atoms with Gasteiger partial charge >= 0.3 is 5.69 Å². The van der Waals surface area contributed by atoms with Gasteiger partial charge in [0.1, 0.15) is 5.65 Å². The Hall–Kier alpha value is -2.93. The van der Waals surface area contributed by atoms with Crippen LogP contribution in [0.2, 0.25) is 0 Å². The number of ether oxygens (including phenoxy) is 1. The van der Waals surface area contributed by atoms with Crippen molar-refractivity contribution >= 4 is 22.2 Å². The van der Waals surface area contributed by atoms with Crippen molar-refractivity contribution < 1.29 is 4.74 Å². The van der Waals surface area contributed by atoms with Crippen LogP contribution < -0.4 is 5.69 Å². The Morgan fingerprint density at radius 1 is 1.18 bits per heavy atom. The molecule has 4 aromatic heterocycles. The number of hydrogen-bond acceptors (Lipinski definition) is 4. The molecule has 0 radical (unpaired) electrons. The maximum Gasteiger partial charge on any atom is 0.327 e. The van der Waals surface area contributed by atoms with E-state index in [0.717, 1.165) is 53.4 Å². The second kappa shape index (κ2) is 6.91. The third-order valence-corrected chi connectivity index (χ3v) is 5.87. The highest BCUT2D eigenvalue weighted by Crippen LogP contribution is 2.29. The number of aromatic amines is 2. The first-order valence-corrected chi connectivity index (χ1v) is 9.76. The molecular weight excluding hydrogens is 354 g/mol. The average Bonchev–Trinajstić information content (AvgIpc) is 3.31. The molecule has 0 amide bonds. The molecule has 4 aromatic rings. The van der Waals surface area contributed by atoms with E-state index >= 15 is 0 Å². The first-order valence-electron chi connectivity index (χ1n) is 9.76. The highest BCUT2D eigenvalue weighted by atomic mass is 16.5. The summed E-state index contributed by atoms with van der Waals surface area (Å²) in [4.78, 5) is 27.5. The molecule has 144 valence electrons. The van der Waals surface area contributed by atoms with Crippen LogP contribution in [0.4, 0.5) is 0 Å². The lowest BCUT2D eigenvalue weighted by atomic mass is 9.87. The fourth-order valence-electron chi connectivity index (χ4n) is 4.35. The van der Waals surface area contributed by atoms with Gasteiger partial charge in [0.05, 0.1) is 11.6 Å². The van der Waals surface area contributed by atoms with Crippen molar-refractivity contribution in [3.05, 3.63) is 47.3 Å². The van der Waals surface area contributed by atoms with Gasteiger partial charge in [-0.1, -0.05) is 6.42 Å². The van der Waals surface area contributed by atoms with Crippen LogP contribution in [0, 0.1) is 5.92 Å². The van der Waals surface area contributed by atoms with Crippen LogP contribution in [0.15, 0.2) is 41.6 Å². The Kier molecular flexibility index (Phi) is 4.24. The van der Waals surface area contributed by atoms with Crippen LogP contribution in [0.25, 0.3) is 33.3 Å². The summed E-state index contributed by atoms with van der Waals surface area (Å²) in [6.45, 7) is 0.693.